The second-order valence-electron chi connectivity index (χ2n) is 8.70. The van der Waals surface area contributed by atoms with Crippen LogP contribution in [0.15, 0.2) is 35.6 Å². The summed E-state index contributed by atoms with van der Waals surface area (Å²) >= 11 is 0. The van der Waals surface area contributed by atoms with E-state index in [0.717, 1.165) is 43.6 Å². The molecular weight excluding hydrogens is 284 g/mol. The standard InChI is InChI=1S/C21H26O2/c1-3-13-4-5-16-15-11-19-18-10-14(22)6-9-21(18,12-23-19)17(15)7-8-20(13,16)2/h3-4,15-17H,1,5-12H2,2H3/t15?,16?,17?,20-,21+/m1/s1. The number of Topliss-reactive ketones (excluding diaryl/α,β-unsaturated/α-hetero) is 1. The van der Waals surface area contributed by atoms with E-state index in [0.29, 0.717) is 17.6 Å². The van der Waals surface area contributed by atoms with Crippen molar-refractivity contribution >= 4 is 5.78 Å². The number of hydrogen-bond acceptors (Lipinski definition) is 2. The maximum Gasteiger partial charge on any atom is 0.137 e. The Morgan fingerprint density at radius 1 is 1.35 bits per heavy atom. The van der Waals surface area contributed by atoms with Gasteiger partial charge in [-0.15, -0.1) is 0 Å². The summed E-state index contributed by atoms with van der Waals surface area (Å²) in [6.07, 6.45) is 11.9. The van der Waals surface area contributed by atoms with Gasteiger partial charge in [0.15, 0.2) is 0 Å². The molecule has 0 amide bonds. The molecular formula is C21H26O2. The Balaban J connectivity index is 1.56. The lowest BCUT2D eigenvalue weighted by atomic mass is 9.47. The van der Waals surface area contributed by atoms with E-state index in [9.17, 15) is 4.79 Å². The molecule has 2 fully saturated rings. The summed E-state index contributed by atoms with van der Waals surface area (Å²) in [6.45, 7) is 7.38. The zero-order valence-corrected chi connectivity index (χ0v) is 14.1. The highest BCUT2D eigenvalue weighted by Gasteiger charge is 2.62. The molecule has 3 unspecified atom stereocenters. The zero-order chi connectivity index (χ0) is 15.8. The summed E-state index contributed by atoms with van der Waals surface area (Å²) in [6, 6.07) is 0. The van der Waals surface area contributed by atoms with Crippen LogP contribution >= 0.6 is 0 Å². The van der Waals surface area contributed by atoms with Crippen LogP contribution in [0, 0.1) is 28.6 Å². The minimum absolute atomic E-state index is 0.213. The van der Waals surface area contributed by atoms with E-state index in [1.807, 2.05) is 0 Å². The van der Waals surface area contributed by atoms with Crippen molar-refractivity contribution in [2.24, 2.45) is 28.6 Å². The second-order valence-corrected chi connectivity index (χ2v) is 8.70. The average molecular weight is 310 g/mol. The smallest absolute Gasteiger partial charge is 0.137 e. The molecule has 0 aromatic rings. The Hall–Kier alpha value is -1.31. The van der Waals surface area contributed by atoms with Crippen molar-refractivity contribution in [1.29, 1.82) is 0 Å². The van der Waals surface area contributed by atoms with Crippen molar-refractivity contribution in [1.82, 2.24) is 0 Å². The van der Waals surface area contributed by atoms with Gasteiger partial charge in [0, 0.05) is 24.7 Å². The molecule has 2 saturated carbocycles. The Morgan fingerprint density at radius 3 is 3.04 bits per heavy atom. The van der Waals surface area contributed by atoms with E-state index in [1.165, 1.54) is 36.2 Å². The Kier molecular flexibility index (Phi) is 2.69. The van der Waals surface area contributed by atoms with Crippen LogP contribution in [0.5, 0.6) is 0 Å². The van der Waals surface area contributed by atoms with Gasteiger partial charge < -0.3 is 4.74 Å². The minimum atomic E-state index is 0.213. The summed E-state index contributed by atoms with van der Waals surface area (Å²) in [5, 5.41) is 0. The van der Waals surface area contributed by atoms with Crippen LogP contribution in [-0.4, -0.2) is 12.4 Å². The first-order valence-corrected chi connectivity index (χ1v) is 9.28. The van der Waals surface area contributed by atoms with Crippen molar-refractivity contribution in [3.63, 3.8) is 0 Å². The Bertz CT molecular complexity index is 669. The summed E-state index contributed by atoms with van der Waals surface area (Å²) in [4.78, 5) is 12.0. The number of carbonyl (C=O) groups is 1. The molecule has 0 N–H and O–H groups in total. The third kappa shape index (κ3) is 1.58. The predicted octanol–water partition coefficient (Wildman–Crippen LogP) is 4.58. The highest BCUT2D eigenvalue weighted by molar-refractivity contribution is 5.83. The molecule has 122 valence electrons. The fourth-order valence-electron chi connectivity index (χ4n) is 6.90. The molecule has 2 heteroatoms. The van der Waals surface area contributed by atoms with Crippen LogP contribution in [-0.2, 0) is 9.53 Å². The van der Waals surface area contributed by atoms with Crippen LogP contribution < -0.4 is 0 Å². The molecule has 0 aromatic carbocycles. The molecule has 0 saturated heterocycles. The largest absolute Gasteiger partial charge is 0.497 e. The first-order valence-electron chi connectivity index (χ1n) is 9.28. The van der Waals surface area contributed by atoms with Crippen LogP contribution in [0.2, 0.25) is 0 Å². The molecule has 2 bridgehead atoms. The van der Waals surface area contributed by atoms with Crippen LogP contribution in [0.3, 0.4) is 0 Å². The Labute approximate surface area is 138 Å². The van der Waals surface area contributed by atoms with Gasteiger partial charge >= 0.3 is 0 Å². The van der Waals surface area contributed by atoms with Gasteiger partial charge in [-0.3, -0.25) is 4.79 Å². The van der Waals surface area contributed by atoms with E-state index in [4.69, 9.17) is 4.74 Å². The third-order valence-corrected chi connectivity index (χ3v) is 8.09. The van der Waals surface area contributed by atoms with E-state index in [2.05, 4.69) is 25.7 Å². The van der Waals surface area contributed by atoms with Gasteiger partial charge in [0.05, 0.1) is 12.4 Å². The normalized spacial score (nSPS) is 47.4. The van der Waals surface area contributed by atoms with Gasteiger partial charge in [-0.05, 0) is 60.0 Å². The molecule has 0 radical (unpaired) electrons. The van der Waals surface area contributed by atoms with Gasteiger partial charge in [0.25, 0.3) is 0 Å². The lowest BCUT2D eigenvalue weighted by Crippen LogP contribution is -2.50. The first kappa shape index (κ1) is 14.1. The third-order valence-electron chi connectivity index (χ3n) is 8.09. The number of hydrogen-bond donors (Lipinski definition) is 0. The van der Waals surface area contributed by atoms with Gasteiger partial charge in [-0.1, -0.05) is 25.7 Å². The maximum absolute atomic E-state index is 12.0. The summed E-state index contributed by atoms with van der Waals surface area (Å²) < 4.78 is 6.18. The van der Waals surface area contributed by atoms with Crippen LogP contribution in [0.4, 0.5) is 0 Å². The van der Waals surface area contributed by atoms with Crippen molar-refractivity contribution < 1.29 is 9.53 Å². The van der Waals surface area contributed by atoms with Crippen LogP contribution in [0.1, 0.15) is 51.9 Å². The fourth-order valence-corrected chi connectivity index (χ4v) is 6.90. The molecule has 1 heterocycles. The maximum atomic E-state index is 12.0. The SMILES string of the molecule is C=CC1=CCC2C3CC4=C5CC(=O)CC[C@]5(CO4)C3CC[C@]12C. The number of carbonyl (C=O) groups excluding carboxylic acids is 1. The minimum Gasteiger partial charge on any atom is -0.497 e. The van der Waals surface area contributed by atoms with E-state index < -0.39 is 0 Å². The monoisotopic (exact) mass is 310 g/mol. The molecule has 1 aliphatic heterocycles. The van der Waals surface area contributed by atoms with E-state index in [-0.39, 0.29) is 5.41 Å². The number of ketones is 1. The molecule has 5 aliphatic rings. The van der Waals surface area contributed by atoms with Crippen molar-refractivity contribution in [3.8, 4) is 0 Å². The summed E-state index contributed by atoms with van der Waals surface area (Å²) in [5.41, 5.74) is 3.42. The number of fused-ring (bicyclic) bond motifs is 3. The lowest BCUT2D eigenvalue weighted by molar-refractivity contribution is -0.122. The first-order chi connectivity index (χ1) is 11.1. The molecule has 23 heavy (non-hydrogen) atoms. The molecule has 5 atom stereocenters. The van der Waals surface area contributed by atoms with Gasteiger partial charge in [-0.25, -0.2) is 0 Å². The topological polar surface area (TPSA) is 26.3 Å². The summed E-state index contributed by atoms with van der Waals surface area (Å²) in [5.74, 6) is 3.83. The van der Waals surface area contributed by atoms with E-state index in [1.54, 1.807) is 0 Å². The quantitative estimate of drug-likeness (QED) is 0.708. The number of rotatable bonds is 1. The van der Waals surface area contributed by atoms with E-state index >= 15 is 0 Å². The Morgan fingerprint density at radius 2 is 2.22 bits per heavy atom. The number of allylic oxidation sites excluding steroid dienone is 4. The highest BCUT2D eigenvalue weighted by atomic mass is 16.5. The molecule has 5 rings (SSSR count). The van der Waals surface area contributed by atoms with Crippen molar-refractivity contribution in [3.05, 3.63) is 35.6 Å². The molecule has 0 aromatic heterocycles. The predicted molar refractivity (Wildman–Crippen MR) is 89.6 cm³/mol. The average Bonchev–Trinajstić information content (AvgIpc) is 3.01. The molecule has 2 nitrogen and oxygen atoms in total. The number of ether oxygens (including phenoxy) is 1. The van der Waals surface area contributed by atoms with Gasteiger partial charge in [0.1, 0.15) is 5.78 Å². The second kappa shape index (κ2) is 4.40. The lowest BCUT2D eigenvalue weighted by Gasteiger charge is -2.55. The molecule has 4 aliphatic carbocycles. The summed E-state index contributed by atoms with van der Waals surface area (Å²) in [7, 11) is 0. The highest BCUT2D eigenvalue weighted by Crippen LogP contribution is 2.68. The zero-order valence-electron chi connectivity index (χ0n) is 14.1. The van der Waals surface area contributed by atoms with Crippen molar-refractivity contribution in [2.75, 3.05) is 6.61 Å². The van der Waals surface area contributed by atoms with Gasteiger partial charge in [0.2, 0.25) is 0 Å². The van der Waals surface area contributed by atoms with Crippen molar-refractivity contribution in [2.45, 2.75) is 51.9 Å². The van der Waals surface area contributed by atoms with Crippen LogP contribution in [0.25, 0.3) is 0 Å². The molecule has 0 spiro atoms. The van der Waals surface area contributed by atoms with Gasteiger partial charge in [-0.2, -0.15) is 0 Å². The fraction of sp³-hybridized carbons (Fsp3) is 0.667.